The molecule has 2 amide bonds. The minimum atomic E-state index is -0.302. The summed E-state index contributed by atoms with van der Waals surface area (Å²) in [5.74, 6) is 0.484. The Morgan fingerprint density at radius 1 is 1.22 bits per heavy atom. The van der Waals surface area contributed by atoms with Gasteiger partial charge in [-0.2, -0.15) is 0 Å². The van der Waals surface area contributed by atoms with Crippen molar-refractivity contribution >= 4 is 11.7 Å². The lowest BCUT2D eigenvalue weighted by Crippen LogP contribution is -2.31. The van der Waals surface area contributed by atoms with Gasteiger partial charge < -0.3 is 20.1 Å². The smallest absolute Gasteiger partial charge is 0.319 e. The molecule has 0 aliphatic rings. The average molecular weight is 316 g/mol. The van der Waals surface area contributed by atoms with Crippen LogP contribution in [0, 0.1) is 0 Å². The van der Waals surface area contributed by atoms with Crippen molar-refractivity contribution in [3.05, 3.63) is 48.4 Å². The van der Waals surface area contributed by atoms with Gasteiger partial charge in [0.05, 0.1) is 24.5 Å². The van der Waals surface area contributed by atoms with Gasteiger partial charge in [0.25, 0.3) is 0 Å². The molecule has 0 aromatic carbocycles. The molecule has 2 heterocycles. The van der Waals surface area contributed by atoms with Crippen LogP contribution in [0.15, 0.2) is 42.9 Å². The minimum Gasteiger partial charge on any atom is -0.475 e. The topological polar surface area (TPSA) is 85.4 Å². The van der Waals surface area contributed by atoms with E-state index in [0.717, 1.165) is 5.56 Å². The maximum Gasteiger partial charge on any atom is 0.319 e. The summed E-state index contributed by atoms with van der Waals surface area (Å²) >= 11 is 0. The number of anilines is 1. The average Bonchev–Trinajstić information content (AvgIpc) is 2.57. The summed E-state index contributed by atoms with van der Waals surface area (Å²) in [7, 11) is 1.61. The Morgan fingerprint density at radius 2 is 2.00 bits per heavy atom. The van der Waals surface area contributed by atoms with Crippen molar-refractivity contribution in [1.82, 2.24) is 15.3 Å². The van der Waals surface area contributed by atoms with Gasteiger partial charge in [-0.3, -0.25) is 4.98 Å². The Hall–Kier alpha value is -2.67. The summed E-state index contributed by atoms with van der Waals surface area (Å²) in [5.41, 5.74) is 1.57. The predicted octanol–water partition coefficient (Wildman–Crippen LogP) is 2.38. The zero-order chi connectivity index (χ0) is 16.5. The molecule has 0 saturated heterocycles. The third kappa shape index (κ3) is 5.55. The van der Waals surface area contributed by atoms with E-state index >= 15 is 0 Å². The molecule has 7 nitrogen and oxygen atoms in total. The molecule has 1 unspecified atom stereocenters. The van der Waals surface area contributed by atoms with E-state index in [1.807, 2.05) is 19.1 Å². The number of methoxy groups -OCH3 is 1. The number of carbonyl (C=O) groups excluding carboxylic acids is 1. The maximum absolute atomic E-state index is 12.0. The van der Waals surface area contributed by atoms with Crippen molar-refractivity contribution in [2.24, 2.45) is 0 Å². The molecule has 0 aliphatic carbocycles. The standard InChI is InChI=1S/C16H20N4O3/c1-12(13-5-7-17-8-6-13)19-16(21)20-14-3-4-15(18-11-14)23-10-9-22-2/h3-8,11-12H,9-10H2,1-2H3,(H2,19,20,21). The number of hydrogen-bond donors (Lipinski definition) is 2. The van der Waals surface area contributed by atoms with Crippen molar-refractivity contribution in [1.29, 1.82) is 0 Å². The van der Waals surface area contributed by atoms with E-state index < -0.39 is 0 Å². The highest BCUT2D eigenvalue weighted by Crippen LogP contribution is 2.13. The first-order chi connectivity index (χ1) is 11.2. The third-order valence-corrected chi connectivity index (χ3v) is 3.09. The number of pyridine rings is 2. The van der Waals surface area contributed by atoms with Crippen molar-refractivity contribution < 1.29 is 14.3 Å². The van der Waals surface area contributed by atoms with Crippen LogP contribution in [0.4, 0.5) is 10.5 Å². The quantitative estimate of drug-likeness (QED) is 0.766. The van der Waals surface area contributed by atoms with Gasteiger partial charge in [0, 0.05) is 25.6 Å². The normalized spacial score (nSPS) is 11.6. The van der Waals surface area contributed by atoms with Crippen LogP contribution in [-0.2, 0) is 4.74 Å². The highest BCUT2D eigenvalue weighted by molar-refractivity contribution is 5.89. The van der Waals surface area contributed by atoms with E-state index in [2.05, 4.69) is 20.6 Å². The first-order valence-corrected chi connectivity index (χ1v) is 7.24. The van der Waals surface area contributed by atoms with E-state index in [4.69, 9.17) is 9.47 Å². The number of hydrogen-bond acceptors (Lipinski definition) is 5. The largest absolute Gasteiger partial charge is 0.475 e. The number of aromatic nitrogens is 2. The summed E-state index contributed by atoms with van der Waals surface area (Å²) in [6, 6.07) is 6.72. The molecular weight excluding hydrogens is 296 g/mol. The van der Waals surface area contributed by atoms with Gasteiger partial charge in [0.15, 0.2) is 0 Å². The molecule has 0 radical (unpaired) electrons. The highest BCUT2D eigenvalue weighted by atomic mass is 16.5. The fourth-order valence-corrected chi connectivity index (χ4v) is 1.87. The Bertz CT molecular complexity index is 604. The molecular formula is C16H20N4O3. The number of nitrogens with one attached hydrogen (secondary N) is 2. The molecule has 122 valence electrons. The summed E-state index contributed by atoms with van der Waals surface area (Å²) in [6.45, 7) is 2.83. The van der Waals surface area contributed by atoms with Crippen LogP contribution in [0.25, 0.3) is 0 Å². The van der Waals surface area contributed by atoms with Crippen LogP contribution >= 0.6 is 0 Å². The van der Waals surface area contributed by atoms with Gasteiger partial charge in [-0.1, -0.05) is 0 Å². The number of rotatable bonds is 7. The summed E-state index contributed by atoms with van der Waals surface area (Å²) in [6.07, 6.45) is 4.92. The fourth-order valence-electron chi connectivity index (χ4n) is 1.87. The van der Waals surface area contributed by atoms with Gasteiger partial charge >= 0.3 is 6.03 Å². The zero-order valence-electron chi connectivity index (χ0n) is 13.2. The van der Waals surface area contributed by atoms with E-state index in [-0.39, 0.29) is 12.1 Å². The van der Waals surface area contributed by atoms with E-state index in [0.29, 0.717) is 24.8 Å². The second-order valence-corrected chi connectivity index (χ2v) is 4.83. The molecule has 2 N–H and O–H groups in total. The number of urea groups is 1. The lowest BCUT2D eigenvalue weighted by Gasteiger charge is -2.14. The SMILES string of the molecule is COCCOc1ccc(NC(=O)NC(C)c2ccncc2)cn1. The van der Waals surface area contributed by atoms with Crippen molar-refractivity contribution in [2.45, 2.75) is 13.0 Å². The predicted molar refractivity (Wildman–Crippen MR) is 86.4 cm³/mol. The van der Waals surface area contributed by atoms with Crippen LogP contribution in [0.5, 0.6) is 5.88 Å². The lowest BCUT2D eigenvalue weighted by atomic mass is 10.1. The second kappa shape index (κ2) is 8.70. The van der Waals surface area contributed by atoms with Crippen molar-refractivity contribution in [3.8, 4) is 5.88 Å². The molecule has 2 rings (SSSR count). The highest BCUT2D eigenvalue weighted by Gasteiger charge is 2.09. The molecule has 2 aromatic rings. The maximum atomic E-state index is 12.0. The summed E-state index contributed by atoms with van der Waals surface area (Å²) in [4.78, 5) is 20.0. The third-order valence-electron chi connectivity index (χ3n) is 3.09. The van der Waals surface area contributed by atoms with Crippen LogP contribution in [0.1, 0.15) is 18.5 Å². The molecule has 0 aliphatic heterocycles. The van der Waals surface area contributed by atoms with E-state index in [1.165, 1.54) is 0 Å². The Kier molecular flexibility index (Phi) is 6.31. The van der Waals surface area contributed by atoms with Gasteiger partial charge in [-0.05, 0) is 30.7 Å². The number of nitrogens with zero attached hydrogens (tertiary/aromatic N) is 2. The summed E-state index contributed by atoms with van der Waals surface area (Å²) in [5, 5.41) is 5.58. The van der Waals surface area contributed by atoms with Crippen LogP contribution in [0.3, 0.4) is 0 Å². The van der Waals surface area contributed by atoms with Gasteiger partial charge in [-0.25, -0.2) is 9.78 Å². The van der Waals surface area contributed by atoms with Gasteiger partial charge in [0.1, 0.15) is 6.61 Å². The number of ether oxygens (including phenoxy) is 2. The van der Waals surface area contributed by atoms with E-state index in [1.54, 1.807) is 37.8 Å². The molecule has 0 bridgehead atoms. The van der Waals surface area contributed by atoms with Crippen molar-refractivity contribution in [2.75, 3.05) is 25.6 Å². The first kappa shape index (κ1) is 16.7. The second-order valence-electron chi connectivity index (χ2n) is 4.83. The van der Waals surface area contributed by atoms with Crippen LogP contribution in [0.2, 0.25) is 0 Å². The van der Waals surface area contributed by atoms with Crippen molar-refractivity contribution in [3.63, 3.8) is 0 Å². The van der Waals surface area contributed by atoms with E-state index in [9.17, 15) is 4.79 Å². The number of amides is 2. The molecule has 0 fully saturated rings. The molecule has 23 heavy (non-hydrogen) atoms. The minimum absolute atomic E-state index is 0.123. The number of carbonyl (C=O) groups is 1. The Labute approximate surface area is 135 Å². The molecule has 2 aromatic heterocycles. The Morgan fingerprint density at radius 3 is 2.65 bits per heavy atom. The van der Waals surface area contributed by atoms with Crippen LogP contribution < -0.4 is 15.4 Å². The molecule has 0 saturated carbocycles. The zero-order valence-corrected chi connectivity index (χ0v) is 13.2. The molecule has 7 heteroatoms. The fraction of sp³-hybridized carbons (Fsp3) is 0.312. The van der Waals surface area contributed by atoms with Gasteiger partial charge in [0.2, 0.25) is 5.88 Å². The Balaban J connectivity index is 1.83. The lowest BCUT2D eigenvalue weighted by molar-refractivity contribution is 0.144. The van der Waals surface area contributed by atoms with Gasteiger partial charge in [-0.15, -0.1) is 0 Å². The monoisotopic (exact) mass is 316 g/mol. The molecule has 0 spiro atoms. The summed E-state index contributed by atoms with van der Waals surface area (Å²) < 4.78 is 10.2. The molecule has 1 atom stereocenters. The van der Waals surface area contributed by atoms with Crippen LogP contribution in [-0.4, -0.2) is 36.3 Å². The first-order valence-electron chi connectivity index (χ1n) is 7.24.